The van der Waals surface area contributed by atoms with Gasteiger partial charge < -0.3 is 4.18 Å². The summed E-state index contributed by atoms with van der Waals surface area (Å²) in [5.41, 5.74) is 0. The zero-order valence-corrected chi connectivity index (χ0v) is 7.51. The third kappa shape index (κ3) is 3.14. The highest BCUT2D eigenvalue weighted by atomic mass is 33.1. The first-order valence-corrected chi connectivity index (χ1v) is 4.97. The smallest absolute Gasteiger partial charge is 0.272 e. The van der Waals surface area contributed by atoms with Crippen LogP contribution in [0.5, 0.6) is 0 Å². The van der Waals surface area contributed by atoms with Crippen LogP contribution >= 0.6 is 22.7 Å². The predicted molar refractivity (Wildman–Crippen MR) is 43.9 cm³/mol. The van der Waals surface area contributed by atoms with Crippen molar-refractivity contribution in [3.05, 3.63) is 0 Å². The van der Waals surface area contributed by atoms with Gasteiger partial charge >= 0.3 is 0 Å². The molecule has 1 heterocycles. The Balaban J connectivity index is 1.96. The molecule has 1 fully saturated rings. The second-order valence-electron chi connectivity index (χ2n) is 2.46. The van der Waals surface area contributed by atoms with E-state index in [9.17, 15) is 8.78 Å². The molecule has 2 nitrogen and oxygen atoms in total. The SMILES string of the molecule is FC1(F)CN(CCOSS)C1. The lowest BCUT2D eigenvalue weighted by Crippen LogP contribution is -2.56. The molecule has 0 unspecified atom stereocenters. The maximum Gasteiger partial charge on any atom is 0.272 e. The quantitative estimate of drug-likeness (QED) is 0.320. The summed E-state index contributed by atoms with van der Waals surface area (Å²) in [4.78, 5) is 1.64. The number of thiol groups is 1. The summed E-state index contributed by atoms with van der Waals surface area (Å²) in [6.45, 7) is 0.745. The number of alkyl halides is 2. The maximum absolute atomic E-state index is 12.2. The average molecular weight is 201 g/mol. The Morgan fingerprint density at radius 3 is 2.64 bits per heavy atom. The molecular formula is C5H9F2NOS2. The average Bonchev–Trinajstić information content (AvgIpc) is 1.84. The van der Waals surface area contributed by atoms with E-state index in [0.717, 1.165) is 11.1 Å². The number of hydrogen-bond donors (Lipinski definition) is 1. The Kier molecular flexibility index (Phi) is 3.42. The van der Waals surface area contributed by atoms with Gasteiger partial charge in [-0.25, -0.2) is 8.78 Å². The van der Waals surface area contributed by atoms with Crippen molar-refractivity contribution in [2.75, 3.05) is 26.2 Å². The first kappa shape index (κ1) is 9.57. The number of nitrogens with zero attached hydrogens (tertiary/aromatic N) is 1. The number of hydrogen-bond acceptors (Lipinski definition) is 4. The van der Waals surface area contributed by atoms with Crippen molar-refractivity contribution in [1.82, 2.24) is 4.90 Å². The Labute approximate surface area is 73.3 Å². The van der Waals surface area contributed by atoms with Crippen molar-refractivity contribution >= 4 is 22.7 Å². The molecule has 11 heavy (non-hydrogen) atoms. The van der Waals surface area contributed by atoms with Gasteiger partial charge in [-0.15, -0.1) is 0 Å². The summed E-state index contributed by atoms with van der Waals surface area (Å²) < 4.78 is 29.2. The minimum Gasteiger partial charge on any atom is -0.304 e. The number of halogens is 2. The lowest BCUT2D eigenvalue weighted by Gasteiger charge is -2.38. The van der Waals surface area contributed by atoms with E-state index in [-0.39, 0.29) is 13.1 Å². The van der Waals surface area contributed by atoms with Crippen molar-refractivity contribution in [2.45, 2.75) is 5.92 Å². The van der Waals surface area contributed by atoms with E-state index in [4.69, 9.17) is 4.18 Å². The fourth-order valence-electron chi connectivity index (χ4n) is 0.970. The van der Waals surface area contributed by atoms with Gasteiger partial charge in [0.2, 0.25) is 0 Å². The molecule has 66 valence electrons. The number of rotatable bonds is 4. The molecule has 0 N–H and O–H groups in total. The van der Waals surface area contributed by atoms with Crippen LogP contribution in [-0.4, -0.2) is 37.1 Å². The van der Waals surface area contributed by atoms with E-state index in [2.05, 4.69) is 11.7 Å². The molecule has 0 aliphatic carbocycles. The van der Waals surface area contributed by atoms with E-state index >= 15 is 0 Å². The largest absolute Gasteiger partial charge is 0.304 e. The normalized spacial score (nSPS) is 23.2. The molecular weight excluding hydrogens is 192 g/mol. The van der Waals surface area contributed by atoms with E-state index in [1.54, 1.807) is 4.90 Å². The van der Waals surface area contributed by atoms with Crippen LogP contribution in [0.3, 0.4) is 0 Å². The summed E-state index contributed by atoms with van der Waals surface area (Å²) in [7, 11) is 0. The molecule has 0 aromatic heterocycles. The van der Waals surface area contributed by atoms with Gasteiger partial charge in [-0.1, -0.05) is 11.7 Å². The van der Waals surface area contributed by atoms with Crippen LogP contribution in [0.25, 0.3) is 0 Å². The van der Waals surface area contributed by atoms with Gasteiger partial charge in [0.15, 0.2) is 0 Å². The highest BCUT2D eigenvalue weighted by molar-refractivity contribution is 8.66. The van der Waals surface area contributed by atoms with Crippen LogP contribution in [0.1, 0.15) is 0 Å². The van der Waals surface area contributed by atoms with E-state index in [1.807, 2.05) is 0 Å². The number of likely N-dealkylation sites (tertiary alicyclic amines) is 1. The van der Waals surface area contributed by atoms with Gasteiger partial charge in [-0.05, 0) is 0 Å². The van der Waals surface area contributed by atoms with Crippen LogP contribution < -0.4 is 0 Å². The second kappa shape index (κ2) is 3.93. The Hall–Kier alpha value is 0.480. The zero-order valence-electron chi connectivity index (χ0n) is 5.80. The molecule has 1 aliphatic rings. The van der Waals surface area contributed by atoms with Gasteiger partial charge in [0.1, 0.15) is 0 Å². The monoisotopic (exact) mass is 201 g/mol. The molecule has 1 aliphatic heterocycles. The van der Waals surface area contributed by atoms with Crippen molar-refractivity contribution in [3.63, 3.8) is 0 Å². The third-order valence-electron chi connectivity index (χ3n) is 1.45. The Bertz CT molecular complexity index is 128. The van der Waals surface area contributed by atoms with Crippen LogP contribution in [0.2, 0.25) is 0 Å². The predicted octanol–water partition coefficient (Wildman–Crippen LogP) is 1.45. The van der Waals surface area contributed by atoms with Crippen molar-refractivity contribution < 1.29 is 13.0 Å². The summed E-state index contributed by atoms with van der Waals surface area (Å²) in [5.74, 6) is -2.46. The Morgan fingerprint density at radius 2 is 2.18 bits per heavy atom. The minimum absolute atomic E-state index is 0.131. The molecule has 6 heteroatoms. The van der Waals surface area contributed by atoms with Crippen molar-refractivity contribution in [1.29, 1.82) is 0 Å². The first-order valence-electron chi connectivity index (χ1n) is 3.17. The highest BCUT2D eigenvalue weighted by Crippen LogP contribution is 2.25. The van der Waals surface area contributed by atoms with Crippen molar-refractivity contribution in [3.8, 4) is 0 Å². The first-order chi connectivity index (χ1) is 5.14. The lowest BCUT2D eigenvalue weighted by atomic mass is 10.1. The fourth-order valence-corrected chi connectivity index (χ4v) is 1.34. The molecule has 0 aromatic rings. The molecule has 0 atom stereocenters. The maximum atomic E-state index is 12.2. The van der Waals surface area contributed by atoms with E-state index in [0.29, 0.717) is 13.2 Å². The topological polar surface area (TPSA) is 12.5 Å². The summed E-state index contributed by atoms with van der Waals surface area (Å²) in [5, 5.41) is 0. The molecule has 1 saturated heterocycles. The molecule has 0 spiro atoms. The van der Waals surface area contributed by atoms with Gasteiger partial charge in [-0.2, -0.15) is 0 Å². The second-order valence-corrected chi connectivity index (χ2v) is 3.30. The van der Waals surface area contributed by atoms with Crippen LogP contribution in [0.4, 0.5) is 8.78 Å². The zero-order chi connectivity index (χ0) is 8.32. The van der Waals surface area contributed by atoms with E-state index in [1.165, 1.54) is 0 Å². The van der Waals surface area contributed by atoms with Crippen LogP contribution in [0, 0.1) is 0 Å². The lowest BCUT2D eigenvalue weighted by molar-refractivity contribution is -0.131. The molecule has 0 amide bonds. The van der Waals surface area contributed by atoms with Crippen molar-refractivity contribution in [2.24, 2.45) is 0 Å². The Morgan fingerprint density at radius 1 is 1.55 bits per heavy atom. The molecule has 1 rings (SSSR count). The van der Waals surface area contributed by atoms with Crippen LogP contribution in [-0.2, 0) is 4.18 Å². The minimum atomic E-state index is -2.46. The summed E-state index contributed by atoms with van der Waals surface area (Å²) >= 11 is 4.69. The molecule has 0 radical (unpaired) electrons. The van der Waals surface area contributed by atoms with Gasteiger partial charge in [-0.3, -0.25) is 4.90 Å². The van der Waals surface area contributed by atoms with Gasteiger partial charge in [0.25, 0.3) is 5.92 Å². The standard InChI is InChI=1S/C5H9F2NOS2/c6-5(7)3-8(4-5)1-2-9-11-10/h10H,1-4H2. The molecule has 0 bridgehead atoms. The van der Waals surface area contributed by atoms with E-state index < -0.39 is 5.92 Å². The molecule has 0 aromatic carbocycles. The highest BCUT2D eigenvalue weighted by Gasteiger charge is 2.43. The third-order valence-corrected chi connectivity index (χ3v) is 2.04. The van der Waals surface area contributed by atoms with Crippen LogP contribution in [0.15, 0.2) is 0 Å². The van der Waals surface area contributed by atoms with Gasteiger partial charge in [0.05, 0.1) is 30.8 Å². The fraction of sp³-hybridized carbons (Fsp3) is 1.00. The summed E-state index contributed by atoms with van der Waals surface area (Å²) in [6, 6.07) is 0. The molecule has 0 saturated carbocycles. The summed E-state index contributed by atoms with van der Waals surface area (Å²) in [6.07, 6.45) is 0. The van der Waals surface area contributed by atoms with Gasteiger partial charge in [0, 0.05) is 6.54 Å².